The van der Waals surface area contributed by atoms with Gasteiger partial charge in [-0.15, -0.1) is 11.3 Å². The predicted octanol–water partition coefficient (Wildman–Crippen LogP) is 3.94. The van der Waals surface area contributed by atoms with Gasteiger partial charge in [0.2, 0.25) is 11.8 Å². The highest BCUT2D eigenvalue weighted by atomic mass is 32.1. The second kappa shape index (κ2) is 10.3. The molecule has 2 aromatic heterocycles. The second-order valence-electron chi connectivity index (χ2n) is 9.41. The molecule has 1 fully saturated rings. The van der Waals surface area contributed by atoms with Crippen molar-refractivity contribution in [2.24, 2.45) is 17.6 Å². The molecule has 1 saturated carbocycles. The zero-order chi connectivity index (χ0) is 24.4. The number of hydrogen-bond acceptors (Lipinski definition) is 6. The van der Waals surface area contributed by atoms with Crippen LogP contribution in [-0.4, -0.2) is 35.4 Å². The highest BCUT2D eigenvalue weighted by Crippen LogP contribution is 2.49. The van der Waals surface area contributed by atoms with Crippen LogP contribution in [0.3, 0.4) is 0 Å². The number of ether oxygens (including phenoxy) is 1. The van der Waals surface area contributed by atoms with Crippen molar-refractivity contribution in [1.29, 1.82) is 0 Å². The number of fused-ring (bicyclic) bond motifs is 1. The molecule has 2 amide bonds. The number of carbonyl (C=O) groups is 2. The Hall–Kier alpha value is -2.97. The van der Waals surface area contributed by atoms with Crippen LogP contribution in [0.5, 0.6) is 0 Å². The van der Waals surface area contributed by atoms with Crippen LogP contribution >= 0.6 is 11.3 Å². The average molecular weight is 493 g/mol. The molecule has 0 bridgehead atoms. The second-order valence-corrected chi connectivity index (χ2v) is 10.5. The van der Waals surface area contributed by atoms with E-state index in [2.05, 4.69) is 16.4 Å². The van der Waals surface area contributed by atoms with Crippen LogP contribution < -0.4 is 11.1 Å². The number of thiophene rings is 1. The number of hydrogen-bond donors (Lipinski definition) is 2. The Balaban J connectivity index is 1.23. The van der Waals surface area contributed by atoms with E-state index in [9.17, 15) is 9.59 Å². The maximum Gasteiger partial charge on any atom is 0.228 e. The van der Waals surface area contributed by atoms with Crippen LogP contribution in [0.4, 0.5) is 5.00 Å². The number of methoxy groups -OCH3 is 1. The number of allylic oxidation sites excluding steroid dienone is 3. The highest BCUT2D eigenvalue weighted by Gasteiger charge is 2.46. The monoisotopic (exact) mass is 492 g/mol. The molecule has 0 spiro atoms. The summed E-state index contributed by atoms with van der Waals surface area (Å²) in [6.45, 7) is 1.65. The van der Waals surface area contributed by atoms with E-state index in [4.69, 9.17) is 10.5 Å². The standard InChI is InChI=1S/C27H32N4O3S/c1-34-23-5-3-2-4-18(23)20-14-21(20)26(33)30-27-22(15-28)19-10-13-31(16-24(19)35-27)25(32)7-6-17-8-11-29-12-9-17/h3,5,8-9,11-12,20-21H,2,4,6-7,10,13-16,28H2,1H3,(H,30,33). The third-order valence-corrected chi connectivity index (χ3v) is 8.47. The number of aromatic nitrogens is 1. The van der Waals surface area contributed by atoms with Crippen molar-refractivity contribution in [3.05, 3.63) is 69.6 Å². The number of pyridine rings is 1. The van der Waals surface area contributed by atoms with Gasteiger partial charge in [0.05, 0.1) is 13.7 Å². The van der Waals surface area contributed by atoms with Crippen molar-refractivity contribution in [3.8, 4) is 0 Å². The van der Waals surface area contributed by atoms with E-state index >= 15 is 0 Å². The SMILES string of the molecule is COC1=C(C2CC2C(=O)Nc2sc3c(c2CN)CCN(C(=O)CCc2ccncc2)C3)CCC=C1. The Bertz CT molecular complexity index is 1170. The molecule has 2 aliphatic carbocycles. The lowest BCUT2D eigenvalue weighted by Gasteiger charge is -2.27. The van der Waals surface area contributed by atoms with Crippen molar-refractivity contribution in [1.82, 2.24) is 9.88 Å². The Morgan fingerprint density at radius 3 is 2.89 bits per heavy atom. The molecule has 7 nitrogen and oxygen atoms in total. The predicted molar refractivity (Wildman–Crippen MR) is 137 cm³/mol. The first-order valence-corrected chi connectivity index (χ1v) is 13.1. The molecule has 1 aliphatic heterocycles. The highest BCUT2D eigenvalue weighted by molar-refractivity contribution is 7.16. The molecule has 0 radical (unpaired) electrons. The van der Waals surface area contributed by atoms with Gasteiger partial charge in [0.15, 0.2) is 0 Å². The lowest BCUT2D eigenvalue weighted by molar-refractivity contribution is -0.132. The van der Waals surface area contributed by atoms with Crippen LogP contribution in [0.25, 0.3) is 0 Å². The van der Waals surface area contributed by atoms with Crippen molar-refractivity contribution in [2.75, 3.05) is 19.0 Å². The molecule has 5 rings (SSSR count). The molecule has 2 aromatic rings. The molecule has 184 valence electrons. The number of aryl methyl sites for hydroxylation is 1. The maximum atomic E-state index is 13.1. The van der Waals surface area contributed by atoms with Crippen molar-refractivity contribution < 1.29 is 14.3 Å². The van der Waals surface area contributed by atoms with E-state index in [1.54, 1.807) is 30.8 Å². The minimum atomic E-state index is -0.0161. The first-order valence-electron chi connectivity index (χ1n) is 12.3. The molecule has 3 aliphatic rings. The molecular weight excluding hydrogens is 460 g/mol. The summed E-state index contributed by atoms with van der Waals surface area (Å²) in [5.74, 6) is 1.38. The van der Waals surface area contributed by atoms with Crippen LogP contribution in [-0.2, 0) is 40.3 Å². The summed E-state index contributed by atoms with van der Waals surface area (Å²) in [6.07, 6.45) is 12.5. The molecule has 3 heterocycles. The van der Waals surface area contributed by atoms with Gasteiger partial charge in [0.25, 0.3) is 0 Å². The summed E-state index contributed by atoms with van der Waals surface area (Å²) in [6, 6.07) is 3.90. The lowest BCUT2D eigenvalue weighted by atomic mass is 9.98. The minimum absolute atomic E-state index is 0.0161. The summed E-state index contributed by atoms with van der Waals surface area (Å²) in [5, 5.41) is 4.03. The fourth-order valence-electron chi connectivity index (χ4n) is 5.26. The van der Waals surface area contributed by atoms with Gasteiger partial charge in [0, 0.05) is 48.3 Å². The van der Waals surface area contributed by atoms with Gasteiger partial charge in [-0.25, -0.2) is 0 Å². The number of nitrogens with zero attached hydrogens (tertiary/aromatic N) is 2. The number of nitrogens with two attached hydrogens (primary N) is 1. The van der Waals surface area contributed by atoms with Gasteiger partial charge >= 0.3 is 0 Å². The maximum absolute atomic E-state index is 13.1. The molecule has 0 saturated heterocycles. The molecule has 35 heavy (non-hydrogen) atoms. The third-order valence-electron chi connectivity index (χ3n) is 7.30. The van der Waals surface area contributed by atoms with Gasteiger partial charge in [0.1, 0.15) is 10.8 Å². The third kappa shape index (κ3) is 5.04. The average Bonchev–Trinajstić information content (AvgIpc) is 3.62. The van der Waals surface area contributed by atoms with E-state index in [0.29, 0.717) is 32.5 Å². The summed E-state index contributed by atoms with van der Waals surface area (Å²) < 4.78 is 5.53. The summed E-state index contributed by atoms with van der Waals surface area (Å²) in [7, 11) is 1.69. The molecule has 2 atom stereocenters. The number of carbonyl (C=O) groups excluding carboxylic acids is 2. The van der Waals surface area contributed by atoms with Gasteiger partial charge in [-0.3, -0.25) is 14.6 Å². The number of amides is 2. The van der Waals surface area contributed by atoms with E-state index in [0.717, 1.165) is 52.4 Å². The zero-order valence-corrected chi connectivity index (χ0v) is 20.9. The Kier molecular flexibility index (Phi) is 7.02. The van der Waals surface area contributed by atoms with Crippen LogP contribution in [0.1, 0.15) is 47.3 Å². The Morgan fingerprint density at radius 2 is 2.11 bits per heavy atom. The van der Waals surface area contributed by atoms with Gasteiger partial charge in [-0.05, 0) is 72.9 Å². The molecule has 2 unspecified atom stereocenters. The minimum Gasteiger partial charge on any atom is -0.497 e. The number of rotatable bonds is 8. The number of nitrogens with one attached hydrogen (secondary N) is 1. The summed E-state index contributed by atoms with van der Waals surface area (Å²) in [4.78, 5) is 33.1. The normalized spacial score (nSPS) is 21.0. The molecule has 8 heteroatoms. The van der Waals surface area contributed by atoms with Gasteiger partial charge < -0.3 is 20.7 Å². The van der Waals surface area contributed by atoms with Crippen molar-refractivity contribution >= 4 is 28.2 Å². The Morgan fingerprint density at radius 1 is 1.29 bits per heavy atom. The van der Waals surface area contributed by atoms with E-state index < -0.39 is 0 Å². The topological polar surface area (TPSA) is 97.5 Å². The fourth-order valence-corrected chi connectivity index (χ4v) is 6.56. The first-order chi connectivity index (χ1) is 17.1. The zero-order valence-electron chi connectivity index (χ0n) is 20.1. The molecule has 3 N–H and O–H groups in total. The quantitative estimate of drug-likeness (QED) is 0.582. The lowest BCUT2D eigenvalue weighted by Crippen LogP contribution is -2.35. The van der Waals surface area contributed by atoms with Crippen molar-refractivity contribution in [3.63, 3.8) is 0 Å². The number of anilines is 1. The van der Waals surface area contributed by atoms with Crippen LogP contribution in [0.15, 0.2) is 48.0 Å². The van der Waals surface area contributed by atoms with Crippen LogP contribution in [0, 0.1) is 11.8 Å². The van der Waals surface area contributed by atoms with E-state index in [-0.39, 0.29) is 23.7 Å². The first kappa shape index (κ1) is 23.8. The van der Waals surface area contributed by atoms with E-state index in [1.165, 1.54) is 11.1 Å². The van der Waals surface area contributed by atoms with Gasteiger partial charge in [-0.1, -0.05) is 6.08 Å². The van der Waals surface area contributed by atoms with Crippen LogP contribution in [0.2, 0.25) is 0 Å². The smallest absolute Gasteiger partial charge is 0.228 e. The summed E-state index contributed by atoms with van der Waals surface area (Å²) in [5.41, 5.74) is 10.7. The molecule has 0 aromatic carbocycles. The molecular formula is C27H32N4O3S. The fraction of sp³-hybridized carbons (Fsp3) is 0.444. The van der Waals surface area contributed by atoms with Gasteiger partial charge in [-0.2, -0.15) is 0 Å². The summed E-state index contributed by atoms with van der Waals surface area (Å²) >= 11 is 1.58. The van der Waals surface area contributed by atoms with Crippen molar-refractivity contribution in [2.45, 2.75) is 51.6 Å². The van der Waals surface area contributed by atoms with E-state index in [1.807, 2.05) is 23.1 Å². The Labute approximate surface area is 210 Å². The largest absolute Gasteiger partial charge is 0.497 e.